The lowest BCUT2D eigenvalue weighted by Gasteiger charge is -2.38. The Labute approximate surface area is 190 Å². The van der Waals surface area contributed by atoms with Crippen LogP contribution in [0.25, 0.3) is 0 Å². The first kappa shape index (κ1) is 27.8. The summed E-state index contributed by atoms with van der Waals surface area (Å²) in [5.74, 6) is -1.46. The Morgan fingerprint density at radius 3 is 1.44 bits per heavy atom. The highest BCUT2D eigenvalue weighted by molar-refractivity contribution is 5.77. The molecule has 0 aliphatic carbocycles. The van der Waals surface area contributed by atoms with Crippen molar-refractivity contribution in [3.05, 3.63) is 0 Å². The maximum Gasteiger partial charge on any atom is 0.231 e. The summed E-state index contributed by atoms with van der Waals surface area (Å²) >= 11 is 0. The predicted octanol–water partition coefficient (Wildman–Crippen LogP) is -3.44. The molecule has 1 rings (SSSR count). The fourth-order valence-electron chi connectivity index (χ4n) is 4.04. The standard InChI is InChI=1S/C20H40N8O4/c1-15(2)9-16-10-27(13-19(23)31)6-5-25(11-17(21)29)3-4-26(12-18(22)30)7-8-28(16)14-20(24)32/h15-16H,3-14H2,1-2H3,(H2,21,29)(H2,22,30)(H2,23,31)(H2,24,32). The van der Waals surface area contributed by atoms with Crippen molar-refractivity contribution < 1.29 is 19.2 Å². The van der Waals surface area contributed by atoms with Crippen LogP contribution in [0.1, 0.15) is 20.3 Å². The van der Waals surface area contributed by atoms with Gasteiger partial charge in [-0.05, 0) is 12.3 Å². The van der Waals surface area contributed by atoms with Crippen molar-refractivity contribution in [1.82, 2.24) is 19.6 Å². The van der Waals surface area contributed by atoms with Crippen molar-refractivity contribution in [2.45, 2.75) is 26.3 Å². The van der Waals surface area contributed by atoms with Gasteiger partial charge in [0, 0.05) is 51.9 Å². The fraction of sp³-hybridized carbons (Fsp3) is 0.800. The van der Waals surface area contributed by atoms with Crippen LogP contribution in [0.5, 0.6) is 0 Å². The zero-order chi connectivity index (χ0) is 24.3. The van der Waals surface area contributed by atoms with Crippen LogP contribution < -0.4 is 22.9 Å². The molecule has 1 fully saturated rings. The third-order valence-corrected chi connectivity index (χ3v) is 5.39. The number of hydrogen-bond donors (Lipinski definition) is 4. The van der Waals surface area contributed by atoms with Gasteiger partial charge in [0.25, 0.3) is 0 Å². The van der Waals surface area contributed by atoms with E-state index in [1.54, 1.807) is 0 Å². The Balaban J connectivity index is 3.20. The van der Waals surface area contributed by atoms with Gasteiger partial charge in [0.2, 0.25) is 23.6 Å². The zero-order valence-corrected chi connectivity index (χ0v) is 19.4. The van der Waals surface area contributed by atoms with Crippen LogP contribution in [0.15, 0.2) is 0 Å². The van der Waals surface area contributed by atoms with Gasteiger partial charge in [0.05, 0.1) is 26.2 Å². The molecule has 32 heavy (non-hydrogen) atoms. The summed E-state index contributed by atoms with van der Waals surface area (Å²) in [6.45, 7) is 7.91. The molecule has 0 saturated carbocycles. The predicted molar refractivity (Wildman–Crippen MR) is 121 cm³/mol. The molecule has 1 aliphatic rings. The monoisotopic (exact) mass is 456 g/mol. The number of amides is 4. The minimum absolute atomic E-state index is 0.0544. The summed E-state index contributed by atoms with van der Waals surface area (Å²) in [4.78, 5) is 54.3. The molecule has 0 radical (unpaired) electrons. The second kappa shape index (κ2) is 14.0. The van der Waals surface area contributed by atoms with E-state index in [1.807, 2.05) is 19.6 Å². The van der Waals surface area contributed by atoms with E-state index < -0.39 is 23.6 Å². The highest BCUT2D eigenvalue weighted by atomic mass is 16.2. The number of nitrogens with zero attached hydrogens (tertiary/aromatic N) is 4. The molecule has 1 atom stereocenters. The van der Waals surface area contributed by atoms with Gasteiger partial charge in [0.1, 0.15) is 0 Å². The molecule has 184 valence electrons. The van der Waals surface area contributed by atoms with Crippen LogP contribution in [0, 0.1) is 5.92 Å². The van der Waals surface area contributed by atoms with Crippen LogP contribution in [0.2, 0.25) is 0 Å². The number of carbonyl (C=O) groups is 4. The topological polar surface area (TPSA) is 185 Å². The average molecular weight is 457 g/mol. The molecule has 12 nitrogen and oxygen atoms in total. The highest BCUT2D eigenvalue weighted by Crippen LogP contribution is 2.14. The molecule has 0 bridgehead atoms. The fourth-order valence-corrected chi connectivity index (χ4v) is 4.04. The van der Waals surface area contributed by atoms with E-state index in [4.69, 9.17) is 22.9 Å². The molecule has 12 heteroatoms. The molecule has 1 unspecified atom stereocenters. The molecule has 8 N–H and O–H groups in total. The summed E-state index contributed by atoms with van der Waals surface area (Å²) in [6, 6.07) is -0.0544. The second-order valence-corrected chi connectivity index (χ2v) is 8.91. The summed E-state index contributed by atoms with van der Waals surface area (Å²) in [7, 11) is 0. The number of primary amides is 4. The summed E-state index contributed by atoms with van der Waals surface area (Å²) in [5, 5.41) is 0. The van der Waals surface area contributed by atoms with Crippen LogP contribution in [-0.2, 0) is 19.2 Å². The van der Waals surface area contributed by atoms with Gasteiger partial charge in [-0.2, -0.15) is 0 Å². The SMILES string of the molecule is CC(C)CC1CN(CC(N)=O)CCN(CC(N)=O)CCN(CC(N)=O)CCN1CC(N)=O. The van der Waals surface area contributed by atoms with Crippen molar-refractivity contribution in [1.29, 1.82) is 0 Å². The molecule has 1 saturated heterocycles. The molecule has 0 aromatic heterocycles. The highest BCUT2D eigenvalue weighted by Gasteiger charge is 2.26. The van der Waals surface area contributed by atoms with E-state index in [0.29, 0.717) is 51.7 Å². The third kappa shape index (κ3) is 11.9. The Hall–Kier alpha value is -2.28. The Morgan fingerprint density at radius 2 is 1.03 bits per heavy atom. The van der Waals surface area contributed by atoms with Crippen molar-refractivity contribution in [3.8, 4) is 0 Å². The Kier molecular flexibility index (Phi) is 12.1. The minimum atomic E-state index is -0.453. The van der Waals surface area contributed by atoms with E-state index in [2.05, 4.69) is 13.8 Å². The van der Waals surface area contributed by atoms with E-state index in [-0.39, 0.29) is 32.2 Å². The number of carbonyl (C=O) groups excluding carboxylic acids is 4. The summed E-state index contributed by atoms with van der Waals surface area (Å²) in [5.41, 5.74) is 21.8. The first-order chi connectivity index (χ1) is 15.0. The molecule has 0 spiro atoms. The summed E-state index contributed by atoms with van der Waals surface area (Å²) < 4.78 is 0. The van der Waals surface area contributed by atoms with Crippen LogP contribution in [0.4, 0.5) is 0 Å². The van der Waals surface area contributed by atoms with Crippen molar-refractivity contribution >= 4 is 23.6 Å². The molecular formula is C20H40N8O4. The average Bonchev–Trinajstić information content (AvgIpc) is 2.63. The largest absolute Gasteiger partial charge is 0.369 e. The Bertz CT molecular complexity index is 645. The lowest BCUT2D eigenvalue weighted by atomic mass is 10.0. The first-order valence-electron chi connectivity index (χ1n) is 11.0. The van der Waals surface area contributed by atoms with Gasteiger partial charge in [-0.1, -0.05) is 13.8 Å². The molecule has 4 amide bonds. The van der Waals surface area contributed by atoms with Crippen molar-refractivity contribution in [2.75, 3.05) is 72.0 Å². The van der Waals surface area contributed by atoms with Crippen molar-refractivity contribution in [3.63, 3.8) is 0 Å². The molecule has 1 aliphatic heterocycles. The smallest absolute Gasteiger partial charge is 0.231 e. The van der Waals surface area contributed by atoms with E-state index >= 15 is 0 Å². The molecule has 0 aromatic carbocycles. The maximum atomic E-state index is 11.8. The van der Waals surface area contributed by atoms with Crippen molar-refractivity contribution in [2.24, 2.45) is 28.9 Å². The van der Waals surface area contributed by atoms with E-state index in [1.165, 1.54) is 0 Å². The lowest BCUT2D eigenvalue weighted by Crippen LogP contribution is -2.54. The van der Waals surface area contributed by atoms with Gasteiger partial charge >= 0.3 is 0 Å². The van der Waals surface area contributed by atoms with Crippen LogP contribution >= 0.6 is 0 Å². The Morgan fingerprint density at radius 1 is 0.656 bits per heavy atom. The van der Waals surface area contributed by atoms with E-state index in [9.17, 15) is 19.2 Å². The van der Waals surface area contributed by atoms with Gasteiger partial charge in [-0.3, -0.25) is 38.8 Å². The number of hydrogen-bond acceptors (Lipinski definition) is 8. The normalized spacial score (nSPS) is 21.0. The zero-order valence-electron chi connectivity index (χ0n) is 19.4. The van der Waals surface area contributed by atoms with Gasteiger partial charge in [-0.15, -0.1) is 0 Å². The second-order valence-electron chi connectivity index (χ2n) is 8.91. The summed E-state index contributed by atoms with van der Waals surface area (Å²) in [6.07, 6.45) is 0.781. The quantitative estimate of drug-likeness (QED) is 0.261. The molecule has 0 aromatic rings. The lowest BCUT2D eigenvalue weighted by molar-refractivity contribution is -0.122. The maximum absolute atomic E-state index is 11.8. The number of rotatable bonds is 10. The van der Waals surface area contributed by atoms with E-state index in [0.717, 1.165) is 6.42 Å². The van der Waals surface area contributed by atoms with Gasteiger partial charge in [0.15, 0.2) is 0 Å². The van der Waals surface area contributed by atoms with Gasteiger partial charge < -0.3 is 22.9 Å². The van der Waals surface area contributed by atoms with Crippen LogP contribution in [-0.4, -0.2) is 121 Å². The third-order valence-electron chi connectivity index (χ3n) is 5.39. The molecular weight excluding hydrogens is 416 g/mol. The number of nitrogens with two attached hydrogens (primary N) is 4. The van der Waals surface area contributed by atoms with Crippen LogP contribution in [0.3, 0.4) is 0 Å². The molecule has 1 heterocycles. The minimum Gasteiger partial charge on any atom is -0.369 e. The van der Waals surface area contributed by atoms with Gasteiger partial charge in [-0.25, -0.2) is 0 Å². The first-order valence-corrected chi connectivity index (χ1v) is 11.0.